The van der Waals surface area contributed by atoms with E-state index in [1.54, 1.807) is 6.07 Å². The number of para-hydroxylation sites is 1. The average Bonchev–Trinajstić information content (AvgIpc) is 2.89. The molecule has 0 aliphatic heterocycles. The summed E-state index contributed by atoms with van der Waals surface area (Å²) < 4.78 is 5.98. The summed E-state index contributed by atoms with van der Waals surface area (Å²) >= 11 is 0. The molecular formula is C33H39N3O2. The molecule has 4 aromatic rings. The van der Waals surface area contributed by atoms with Gasteiger partial charge in [0.2, 0.25) is 0 Å². The zero-order valence-corrected chi connectivity index (χ0v) is 23.3. The predicted molar refractivity (Wildman–Crippen MR) is 156 cm³/mol. The minimum Gasteiger partial charge on any atom is -0.504 e. The Kier molecular flexibility index (Phi) is 9.11. The molecule has 0 aliphatic rings. The number of rotatable bonds is 11. The lowest BCUT2D eigenvalue weighted by atomic mass is 10.0. The first-order valence-electron chi connectivity index (χ1n) is 13.7. The van der Waals surface area contributed by atoms with Crippen molar-refractivity contribution in [1.82, 2.24) is 15.0 Å². The van der Waals surface area contributed by atoms with Crippen molar-refractivity contribution < 1.29 is 9.84 Å². The predicted octanol–water partition coefficient (Wildman–Crippen LogP) is 8.55. The van der Waals surface area contributed by atoms with Gasteiger partial charge in [0.05, 0.1) is 12.2 Å². The van der Waals surface area contributed by atoms with Crippen LogP contribution < -0.4 is 4.74 Å². The van der Waals surface area contributed by atoms with E-state index < -0.39 is 0 Å². The van der Waals surface area contributed by atoms with Crippen LogP contribution in [0.4, 0.5) is 0 Å². The van der Waals surface area contributed by atoms with Crippen LogP contribution in [0, 0.1) is 27.7 Å². The lowest BCUT2D eigenvalue weighted by Gasteiger charge is -2.14. The number of ether oxygens (including phenoxy) is 1. The Morgan fingerprint density at radius 1 is 0.632 bits per heavy atom. The van der Waals surface area contributed by atoms with Crippen LogP contribution in [-0.4, -0.2) is 26.7 Å². The van der Waals surface area contributed by atoms with E-state index in [0.29, 0.717) is 35.4 Å². The van der Waals surface area contributed by atoms with Gasteiger partial charge in [0.15, 0.2) is 29.0 Å². The molecule has 38 heavy (non-hydrogen) atoms. The van der Waals surface area contributed by atoms with Gasteiger partial charge in [-0.3, -0.25) is 0 Å². The summed E-state index contributed by atoms with van der Waals surface area (Å²) in [5, 5.41) is 11.2. The third-order valence-corrected chi connectivity index (χ3v) is 6.88. The number of hydrogen-bond acceptors (Lipinski definition) is 5. The van der Waals surface area contributed by atoms with Gasteiger partial charge in [-0.15, -0.1) is 0 Å². The molecule has 4 rings (SSSR count). The summed E-state index contributed by atoms with van der Waals surface area (Å²) in [5.74, 6) is 2.11. The molecule has 3 aromatic carbocycles. The molecule has 5 nitrogen and oxygen atoms in total. The van der Waals surface area contributed by atoms with Gasteiger partial charge in [-0.1, -0.05) is 92.6 Å². The molecule has 5 heteroatoms. The fraction of sp³-hybridized carbons (Fsp3) is 0.364. The standard InChI is InChI=1S/C33H39N3O2/c1-6-7-8-9-10-11-19-38-29-14-12-13-28(30(29)37)33-35-31(26-17-15-22(2)20-24(26)4)34-32(36-33)27-18-16-23(3)21-25(27)5/h12-18,20-21,37H,6-11,19H2,1-5H3. The maximum atomic E-state index is 11.2. The highest BCUT2D eigenvalue weighted by atomic mass is 16.5. The molecule has 0 bridgehead atoms. The Morgan fingerprint density at radius 3 is 1.71 bits per heavy atom. The lowest BCUT2D eigenvalue weighted by Crippen LogP contribution is -2.03. The molecule has 0 fully saturated rings. The van der Waals surface area contributed by atoms with Crippen LogP contribution in [-0.2, 0) is 0 Å². The van der Waals surface area contributed by atoms with Crippen molar-refractivity contribution in [2.75, 3.05) is 6.61 Å². The number of aryl methyl sites for hydroxylation is 4. The minimum atomic E-state index is 0.0582. The van der Waals surface area contributed by atoms with Crippen LogP contribution in [0.3, 0.4) is 0 Å². The van der Waals surface area contributed by atoms with Crippen molar-refractivity contribution >= 4 is 0 Å². The van der Waals surface area contributed by atoms with Gasteiger partial charge in [-0.05, 0) is 57.4 Å². The fourth-order valence-corrected chi connectivity index (χ4v) is 4.75. The molecule has 0 spiro atoms. The normalized spacial score (nSPS) is 11.1. The van der Waals surface area contributed by atoms with E-state index in [9.17, 15) is 5.11 Å². The Hall–Kier alpha value is -3.73. The van der Waals surface area contributed by atoms with E-state index in [1.165, 1.54) is 36.8 Å². The van der Waals surface area contributed by atoms with Gasteiger partial charge in [0.25, 0.3) is 0 Å². The Bertz CT molecular complexity index is 1330. The van der Waals surface area contributed by atoms with Crippen LogP contribution in [0.15, 0.2) is 54.6 Å². The highest BCUT2D eigenvalue weighted by molar-refractivity contribution is 5.73. The highest BCUT2D eigenvalue weighted by Crippen LogP contribution is 2.37. The van der Waals surface area contributed by atoms with Gasteiger partial charge >= 0.3 is 0 Å². The Morgan fingerprint density at radius 2 is 1.16 bits per heavy atom. The van der Waals surface area contributed by atoms with Gasteiger partial charge in [0, 0.05) is 11.1 Å². The average molecular weight is 510 g/mol. The highest BCUT2D eigenvalue weighted by Gasteiger charge is 2.18. The summed E-state index contributed by atoms with van der Waals surface area (Å²) in [6.07, 6.45) is 7.10. The monoisotopic (exact) mass is 509 g/mol. The lowest BCUT2D eigenvalue weighted by molar-refractivity contribution is 0.289. The first kappa shape index (κ1) is 27.3. The van der Waals surface area contributed by atoms with Crippen LogP contribution in [0.2, 0.25) is 0 Å². The van der Waals surface area contributed by atoms with E-state index in [1.807, 2.05) is 12.1 Å². The zero-order chi connectivity index (χ0) is 27.1. The number of phenols is 1. The number of benzene rings is 3. The quantitative estimate of drug-likeness (QED) is 0.205. The molecule has 1 aromatic heterocycles. The fourth-order valence-electron chi connectivity index (χ4n) is 4.75. The SMILES string of the molecule is CCCCCCCCOc1cccc(-c2nc(-c3ccc(C)cc3C)nc(-c3ccc(C)cc3C)n2)c1O. The second-order valence-corrected chi connectivity index (χ2v) is 10.2. The third-order valence-electron chi connectivity index (χ3n) is 6.88. The molecular weight excluding hydrogens is 470 g/mol. The number of aromatic hydroxyl groups is 1. The smallest absolute Gasteiger partial charge is 0.168 e. The molecule has 198 valence electrons. The van der Waals surface area contributed by atoms with Gasteiger partial charge in [-0.25, -0.2) is 15.0 Å². The number of nitrogens with zero attached hydrogens (tertiary/aromatic N) is 3. The van der Waals surface area contributed by atoms with Crippen molar-refractivity contribution in [1.29, 1.82) is 0 Å². The van der Waals surface area contributed by atoms with Gasteiger partial charge in [-0.2, -0.15) is 0 Å². The summed E-state index contributed by atoms with van der Waals surface area (Å²) in [6, 6.07) is 18.0. The second-order valence-electron chi connectivity index (χ2n) is 10.2. The first-order valence-corrected chi connectivity index (χ1v) is 13.7. The Labute approximate surface area is 227 Å². The van der Waals surface area contributed by atoms with E-state index in [4.69, 9.17) is 19.7 Å². The van der Waals surface area contributed by atoms with Crippen molar-refractivity contribution in [2.24, 2.45) is 0 Å². The maximum absolute atomic E-state index is 11.2. The number of phenolic OH excluding ortho intramolecular Hbond substituents is 1. The topological polar surface area (TPSA) is 68.1 Å². The van der Waals surface area contributed by atoms with Crippen LogP contribution in [0.5, 0.6) is 11.5 Å². The van der Waals surface area contributed by atoms with Crippen molar-refractivity contribution in [2.45, 2.75) is 73.1 Å². The number of aromatic nitrogens is 3. The largest absolute Gasteiger partial charge is 0.504 e. The summed E-state index contributed by atoms with van der Waals surface area (Å²) in [5.41, 5.74) is 6.97. The van der Waals surface area contributed by atoms with Crippen molar-refractivity contribution in [3.63, 3.8) is 0 Å². The molecule has 0 amide bonds. The van der Waals surface area contributed by atoms with Crippen LogP contribution >= 0.6 is 0 Å². The van der Waals surface area contributed by atoms with E-state index in [-0.39, 0.29) is 5.75 Å². The van der Waals surface area contributed by atoms with Crippen LogP contribution in [0.25, 0.3) is 34.2 Å². The van der Waals surface area contributed by atoms with Crippen molar-refractivity contribution in [3.8, 4) is 45.7 Å². The zero-order valence-electron chi connectivity index (χ0n) is 23.3. The summed E-state index contributed by atoms with van der Waals surface area (Å²) in [7, 11) is 0. The Balaban J connectivity index is 1.71. The number of hydrogen-bond donors (Lipinski definition) is 1. The van der Waals surface area contributed by atoms with Crippen molar-refractivity contribution in [3.05, 3.63) is 76.9 Å². The maximum Gasteiger partial charge on any atom is 0.168 e. The van der Waals surface area contributed by atoms with E-state index in [2.05, 4.69) is 71.0 Å². The molecule has 0 saturated heterocycles. The van der Waals surface area contributed by atoms with Crippen LogP contribution in [0.1, 0.15) is 67.7 Å². The minimum absolute atomic E-state index is 0.0582. The summed E-state index contributed by atoms with van der Waals surface area (Å²) in [4.78, 5) is 14.6. The molecule has 0 atom stereocenters. The van der Waals surface area contributed by atoms with Gasteiger partial charge < -0.3 is 9.84 Å². The molecule has 0 unspecified atom stereocenters. The van der Waals surface area contributed by atoms with E-state index >= 15 is 0 Å². The number of unbranched alkanes of at least 4 members (excludes halogenated alkanes) is 5. The molecule has 0 aliphatic carbocycles. The summed E-state index contributed by atoms with van der Waals surface area (Å²) in [6.45, 7) is 11.1. The molecule has 1 N–H and O–H groups in total. The molecule has 1 heterocycles. The molecule has 0 radical (unpaired) electrons. The first-order chi connectivity index (χ1) is 18.4. The van der Waals surface area contributed by atoms with E-state index in [0.717, 1.165) is 35.1 Å². The second kappa shape index (κ2) is 12.7. The van der Waals surface area contributed by atoms with Gasteiger partial charge in [0.1, 0.15) is 0 Å². The third kappa shape index (κ3) is 6.58. The molecule has 0 saturated carbocycles.